The van der Waals surface area contributed by atoms with Crippen molar-refractivity contribution in [3.05, 3.63) is 22.4 Å². The van der Waals surface area contributed by atoms with Crippen molar-refractivity contribution >= 4 is 38.0 Å². The Morgan fingerprint density at radius 1 is 1.47 bits per heavy atom. The Labute approximate surface area is 95.1 Å². The van der Waals surface area contributed by atoms with Crippen LogP contribution in [0.3, 0.4) is 0 Å². The first kappa shape index (κ1) is 9.33. The minimum atomic E-state index is 0.130. The molecular formula is C10H10N2OS2. The molecule has 2 N–H and O–H groups in total. The highest BCUT2D eigenvalue weighted by atomic mass is 32.1. The second-order valence-electron chi connectivity index (χ2n) is 3.73. The van der Waals surface area contributed by atoms with E-state index in [0.717, 1.165) is 4.88 Å². The molecule has 0 aliphatic carbocycles. The first-order valence-corrected chi connectivity index (χ1v) is 6.45. The standard InChI is InChI=1S/C10H10N2OS2/c11-6-4-12(5-6)10(13)9-3-8-7(15-9)1-2-14-8/h1-3,6H,4-5,11H2. The summed E-state index contributed by atoms with van der Waals surface area (Å²) in [6.07, 6.45) is 0. The molecule has 0 radical (unpaired) electrons. The molecule has 1 aliphatic rings. The van der Waals surface area contributed by atoms with Gasteiger partial charge in [0.25, 0.3) is 5.91 Å². The Hall–Kier alpha value is -0.910. The highest BCUT2D eigenvalue weighted by Crippen LogP contribution is 2.31. The maximum atomic E-state index is 11.9. The Morgan fingerprint density at radius 2 is 2.27 bits per heavy atom. The molecule has 0 atom stereocenters. The molecule has 3 heterocycles. The molecule has 1 saturated heterocycles. The van der Waals surface area contributed by atoms with Gasteiger partial charge in [-0.2, -0.15) is 0 Å². The summed E-state index contributed by atoms with van der Waals surface area (Å²) in [5.41, 5.74) is 5.65. The van der Waals surface area contributed by atoms with Crippen LogP contribution in [-0.4, -0.2) is 29.9 Å². The molecule has 2 aromatic rings. The molecule has 1 aliphatic heterocycles. The second kappa shape index (κ2) is 3.30. The normalized spacial score (nSPS) is 17.0. The lowest BCUT2D eigenvalue weighted by molar-refractivity contribution is 0.0613. The molecule has 78 valence electrons. The highest BCUT2D eigenvalue weighted by Gasteiger charge is 2.29. The maximum absolute atomic E-state index is 11.9. The van der Waals surface area contributed by atoms with Crippen molar-refractivity contribution in [3.63, 3.8) is 0 Å². The van der Waals surface area contributed by atoms with E-state index in [1.807, 2.05) is 6.07 Å². The molecule has 0 unspecified atom stereocenters. The van der Waals surface area contributed by atoms with E-state index in [2.05, 4.69) is 11.4 Å². The van der Waals surface area contributed by atoms with Gasteiger partial charge in [-0.05, 0) is 17.5 Å². The number of hydrogen-bond donors (Lipinski definition) is 1. The van der Waals surface area contributed by atoms with Crippen LogP contribution in [0.15, 0.2) is 17.5 Å². The zero-order valence-corrected chi connectivity index (χ0v) is 9.61. The monoisotopic (exact) mass is 238 g/mol. The van der Waals surface area contributed by atoms with Gasteiger partial charge in [-0.25, -0.2) is 0 Å². The number of thiophene rings is 2. The predicted octanol–water partition coefficient (Wildman–Crippen LogP) is 1.75. The van der Waals surface area contributed by atoms with Gasteiger partial charge in [-0.15, -0.1) is 22.7 Å². The second-order valence-corrected chi connectivity index (χ2v) is 5.76. The van der Waals surface area contributed by atoms with Crippen LogP contribution in [0.25, 0.3) is 9.40 Å². The quantitative estimate of drug-likeness (QED) is 0.822. The summed E-state index contributed by atoms with van der Waals surface area (Å²) < 4.78 is 2.40. The van der Waals surface area contributed by atoms with Gasteiger partial charge in [0.2, 0.25) is 0 Å². The third-order valence-electron chi connectivity index (χ3n) is 2.55. The number of nitrogens with zero attached hydrogens (tertiary/aromatic N) is 1. The summed E-state index contributed by atoms with van der Waals surface area (Å²) in [6, 6.07) is 4.22. The molecule has 3 rings (SSSR count). The lowest BCUT2D eigenvalue weighted by atomic mass is 10.1. The minimum absolute atomic E-state index is 0.130. The summed E-state index contributed by atoms with van der Waals surface area (Å²) in [4.78, 5) is 14.6. The van der Waals surface area contributed by atoms with Crippen LogP contribution in [0, 0.1) is 0 Å². The largest absolute Gasteiger partial charge is 0.335 e. The van der Waals surface area contributed by atoms with E-state index in [4.69, 9.17) is 5.73 Å². The number of carbonyl (C=O) groups is 1. The predicted molar refractivity (Wildman–Crippen MR) is 63.6 cm³/mol. The van der Waals surface area contributed by atoms with Gasteiger partial charge in [0.15, 0.2) is 0 Å². The van der Waals surface area contributed by atoms with Gasteiger partial charge in [0.1, 0.15) is 0 Å². The molecule has 0 saturated carbocycles. The summed E-state index contributed by atoms with van der Waals surface area (Å²) in [5.74, 6) is 0.130. The van der Waals surface area contributed by atoms with Crippen molar-refractivity contribution in [2.24, 2.45) is 5.73 Å². The van der Waals surface area contributed by atoms with Crippen LogP contribution in [0.1, 0.15) is 9.67 Å². The van der Waals surface area contributed by atoms with E-state index in [-0.39, 0.29) is 11.9 Å². The minimum Gasteiger partial charge on any atom is -0.335 e. The summed E-state index contributed by atoms with van der Waals surface area (Å²) >= 11 is 3.25. The Balaban J connectivity index is 1.87. The molecule has 2 aromatic heterocycles. The molecule has 0 aromatic carbocycles. The van der Waals surface area contributed by atoms with Crippen LogP contribution in [-0.2, 0) is 0 Å². The lowest BCUT2D eigenvalue weighted by Gasteiger charge is -2.36. The fourth-order valence-electron chi connectivity index (χ4n) is 1.71. The fraction of sp³-hybridized carbons (Fsp3) is 0.300. The first-order chi connectivity index (χ1) is 7.24. The topological polar surface area (TPSA) is 46.3 Å². The average molecular weight is 238 g/mol. The van der Waals surface area contributed by atoms with Gasteiger partial charge in [0.05, 0.1) is 4.88 Å². The summed E-state index contributed by atoms with van der Waals surface area (Å²) in [7, 11) is 0. The van der Waals surface area contributed by atoms with Crippen LogP contribution >= 0.6 is 22.7 Å². The van der Waals surface area contributed by atoms with Gasteiger partial charge >= 0.3 is 0 Å². The molecule has 1 amide bonds. The number of rotatable bonds is 1. The van der Waals surface area contributed by atoms with Gasteiger partial charge in [-0.3, -0.25) is 4.79 Å². The number of amides is 1. The number of carbonyl (C=O) groups excluding carboxylic acids is 1. The smallest absolute Gasteiger partial charge is 0.264 e. The van der Waals surface area contributed by atoms with Crippen molar-refractivity contribution < 1.29 is 4.79 Å². The highest BCUT2D eigenvalue weighted by molar-refractivity contribution is 7.27. The van der Waals surface area contributed by atoms with Crippen molar-refractivity contribution in [2.45, 2.75) is 6.04 Å². The molecule has 1 fully saturated rings. The van der Waals surface area contributed by atoms with Gasteiger partial charge in [0, 0.05) is 28.5 Å². The fourth-order valence-corrected chi connectivity index (χ4v) is 3.78. The van der Waals surface area contributed by atoms with E-state index in [0.29, 0.717) is 13.1 Å². The number of nitrogens with two attached hydrogens (primary N) is 1. The van der Waals surface area contributed by atoms with Gasteiger partial charge < -0.3 is 10.6 Å². The van der Waals surface area contributed by atoms with Gasteiger partial charge in [-0.1, -0.05) is 0 Å². The zero-order chi connectivity index (χ0) is 10.4. The average Bonchev–Trinajstić information content (AvgIpc) is 2.70. The first-order valence-electron chi connectivity index (χ1n) is 4.76. The molecule has 3 nitrogen and oxygen atoms in total. The third kappa shape index (κ3) is 1.47. The molecule has 15 heavy (non-hydrogen) atoms. The van der Waals surface area contributed by atoms with Crippen molar-refractivity contribution in [3.8, 4) is 0 Å². The van der Waals surface area contributed by atoms with E-state index >= 15 is 0 Å². The summed E-state index contributed by atoms with van der Waals surface area (Å²) in [6.45, 7) is 1.40. The Kier molecular flexibility index (Phi) is 2.05. The van der Waals surface area contributed by atoms with E-state index < -0.39 is 0 Å². The van der Waals surface area contributed by atoms with Crippen molar-refractivity contribution in [1.82, 2.24) is 4.90 Å². The van der Waals surface area contributed by atoms with E-state index in [1.54, 1.807) is 27.6 Å². The Morgan fingerprint density at radius 3 is 2.93 bits per heavy atom. The summed E-state index contributed by atoms with van der Waals surface area (Å²) in [5, 5.41) is 2.05. The number of hydrogen-bond acceptors (Lipinski definition) is 4. The van der Waals surface area contributed by atoms with Crippen molar-refractivity contribution in [1.29, 1.82) is 0 Å². The molecule has 0 spiro atoms. The molecular weight excluding hydrogens is 228 g/mol. The number of likely N-dealkylation sites (tertiary alicyclic amines) is 1. The lowest BCUT2D eigenvalue weighted by Crippen LogP contribution is -2.57. The van der Waals surface area contributed by atoms with E-state index in [9.17, 15) is 4.79 Å². The maximum Gasteiger partial charge on any atom is 0.264 e. The SMILES string of the molecule is NC1CN(C(=O)c2cc3sccc3s2)C1. The Bertz CT molecular complexity index is 482. The van der Waals surface area contributed by atoms with E-state index in [1.165, 1.54) is 9.40 Å². The third-order valence-corrected chi connectivity index (χ3v) is 4.63. The van der Waals surface area contributed by atoms with Crippen LogP contribution in [0.5, 0.6) is 0 Å². The van der Waals surface area contributed by atoms with Crippen LogP contribution < -0.4 is 5.73 Å². The molecule has 5 heteroatoms. The molecule has 0 bridgehead atoms. The zero-order valence-electron chi connectivity index (χ0n) is 7.97. The van der Waals surface area contributed by atoms with Crippen molar-refractivity contribution in [2.75, 3.05) is 13.1 Å². The van der Waals surface area contributed by atoms with Crippen LogP contribution in [0.4, 0.5) is 0 Å². The van der Waals surface area contributed by atoms with Crippen LogP contribution in [0.2, 0.25) is 0 Å². The number of fused-ring (bicyclic) bond motifs is 1.